The minimum absolute atomic E-state index is 0.0447. The fourth-order valence-electron chi connectivity index (χ4n) is 4.07. The van der Waals surface area contributed by atoms with Gasteiger partial charge in [0.05, 0.1) is 0 Å². The third-order valence-corrected chi connectivity index (χ3v) is 5.16. The van der Waals surface area contributed by atoms with E-state index in [1.807, 2.05) is 0 Å². The number of benzene rings is 2. The summed E-state index contributed by atoms with van der Waals surface area (Å²) in [6, 6.07) is 15.3. The summed E-state index contributed by atoms with van der Waals surface area (Å²) < 4.78 is 2.36. The normalized spacial score (nSPS) is 18.2. The number of aryl methyl sites for hydroxylation is 1. The number of aromatic nitrogens is 1. The van der Waals surface area contributed by atoms with Gasteiger partial charge < -0.3 is 15.0 Å². The van der Waals surface area contributed by atoms with Crippen LogP contribution in [0.25, 0.3) is 21.8 Å². The maximum absolute atomic E-state index is 10.8. The van der Waals surface area contributed by atoms with E-state index in [0.717, 1.165) is 32.6 Å². The van der Waals surface area contributed by atoms with Crippen LogP contribution in [-0.2, 0) is 13.1 Å². The van der Waals surface area contributed by atoms with Gasteiger partial charge in [-0.15, -0.1) is 0 Å². The number of nitrogens with zero attached hydrogens (tertiary/aromatic N) is 2. The SMILES string of the molecule is CCn1c2ccccc2c2cc(CN3CCC(NC(=O)O)C3)ccc21. The summed E-state index contributed by atoms with van der Waals surface area (Å²) in [5, 5.41) is 14.1. The zero-order chi connectivity index (χ0) is 17.4. The van der Waals surface area contributed by atoms with Crippen molar-refractivity contribution in [3.8, 4) is 0 Å². The van der Waals surface area contributed by atoms with Crippen molar-refractivity contribution in [2.24, 2.45) is 0 Å². The summed E-state index contributed by atoms with van der Waals surface area (Å²) in [7, 11) is 0. The third kappa shape index (κ3) is 2.96. The van der Waals surface area contributed by atoms with Crippen molar-refractivity contribution in [2.75, 3.05) is 13.1 Å². The molecule has 1 aliphatic rings. The molecule has 1 amide bonds. The number of para-hydroxylation sites is 1. The van der Waals surface area contributed by atoms with Crippen LogP contribution in [0.15, 0.2) is 42.5 Å². The summed E-state index contributed by atoms with van der Waals surface area (Å²) in [6.45, 7) is 5.71. The number of likely N-dealkylation sites (tertiary alicyclic amines) is 1. The molecular formula is C20H23N3O2. The predicted molar refractivity (Wildman–Crippen MR) is 100.0 cm³/mol. The molecule has 3 aromatic rings. The molecule has 1 unspecified atom stereocenters. The Kier molecular flexibility index (Phi) is 4.09. The van der Waals surface area contributed by atoms with Crippen molar-refractivity contribution in [3.05, 3.63) is 48.0 Å². The van der Waals surface area contributed by atoms with E-state index in [4.69, 9.17) is 5.11 Å². The number of amides is 1. The maximum atomic E-state index is 10.8. The first-order valence-corrected chi connectivity index (χ1v) is 8.87. The van der Waals surface area contributed by atoms with Gasteiger partial charge in [-0.1, -0.05) is 24.3 Å². The molecule has 1 aliphatic heterocycles. The van der Waals surface area contributed by atoms with Crippen molar-refractivity contribution < 1.29 is 9.90 Å². The molecule has 0 bridgehead atoms. The second kappa shape index (κ2) is 6.41. The molecule has 130 valence electrons. The number of carboxylic acid groups (broad SMARTS) is 1. The Morgan fingerprint density at radius 3 is 2.80 bits per heavy atom. The highest BCUT2D eigenvalue weighted by Gasteiger charge is 2.23. The summed E-state index contributed by atoms with van der Waals surface area (Å²) in [5.74, 6) is 0. The van der Waals surface area contributed by atoms with Gasteiger partial charge >= 0.3 is 6.09 Å². The van der Waals surface area contributed by atoms with Gasteiger partial charge in [0.2, 0.25) is 0 Å². The van der Waals surface area contributed by atoms with Crippen molar-refractivity contribution in [1.29, 1.82) is 0 Å². The van der Waals surface area contributed by atoms with Gasteiger partial charge in [-0.2, -0.15) is 0 Å². The lowest BCUT2D eigenvalue weighted by Crippen LogP contribution is -2.35. The van der Waals surface area contributed by atoms with Crippen LogP contribution in [0.1, 0.15) is 18.9 Å². The summed E-state index contributed by atoms with van der Waals surface area (Å²) in [5.41, 5.74) is 3.84. The molecule has 1 atom stereocenters. The predicted octanol–water partition coefficient (Wildman–Crippen LogP) is 3.66. The summed E-state index contributed by atoms with van der Waals surface area (Å²) in [4.78, 5) is 13.1. The number of fused-ring (bicyclic) bond motifs is 3. The largest absolute Gasteiger partial charge is 0.465 e. The summed E-state index contributed by atoms with van der Waals surface area (Å²) in [6.07, 6.45) is -0.0513. The van der Waals surface area contributed by atoms with E-state index in [0.29, 0.717) is 0 Å². The van der Waals surface area contributed by atoms with Crippen LogP contribution in [-0.4, -0.2) is 39.8 Å². The number of rotatable bonds is 4. The molecule has 25 heavy (non-hydrogen) atoms. The zero-order valence-corrected chi connectivity index (χ0v) is 14.4. The van der Waals surface area contributed by atoms with Gasteiger partial charge in [0.25, 0.3) is 0 Å². The van der Waals surface area contributed by atoms with Crippen LogP contribution in [0.3, 0.4) is 0 Å². The number of carbonyl (C=O) groups is 1. The number of hydrogen-bond acceptors (Lipinski definition) is 2. The van der Waals surface area contributed by atoms with E-state index in [-0.39, 0.29) is 6.04 Å². The first-order chi connectivity index (χ1) is 12.2. The Labute approximate surface area is 146 Å². The van der Waals surface area contributed by atoms with Crippen molar-refractivity contribution in [3.63, 3.8) is 0 Å². The monoisotopic (exact) mass is 337 g/mol. The van der Waals surface area contributed by atoms with E-state index < -0.39 is 6.09 Å². The topological polar surface area (TPSA) is 57.5 Å². The van der Waals surface area contributed by atoms with Gasteiger partial charge in [-0.25, -0.2) is 4.79 Å². The molecule has 0 spiro atoms. The van der Waals surface area contributed by atoms with Gasteiger partial charge in [0, 0.05) is 54.0 Å². The molecule has 4 rings (SSSR count). The Morgan fingerprint density at radius 2 is 2.00 bits per heavy atom. The van der Waals surface area contributed by atoms with Crippen molar-refractivity contribution in [2.45, 2.75) is 32.5 Å². The second-order valence-electron chi connectivity index (χ2n) is 6.78. The molecule has 0 radical (unpaired) electrons. The molecule has 5 heteroatoms. The van der Waals surface area contributed by atoms with Crippen LogP contribution in [0.2, 0.25) is 0 Å². The molecule has 2 heterocycles. The molecule has 1 fully saturated rings. The van der Waals surface area contributed by atoms with E-state index in [1.54, 1.807) is 0 Å². The molecule has 5 nitrogen and oxygen atoms in total. The Morgan fingerprint density at radius 1 is 1.20 bits per heavy atom. The number of nitrogens with one attached hydrogen (secondary N) is 1. The van der Waals surface area contributed by atoms with Crippen LogP contribution in [0.5, 0.6) is 0 Å². The van der Waals surface area contributed by atoms with Crippen molar-refractivity contribution >= 4 is 27.9 Å². The molecule has 2 N–H and O–H groups in total. The highest BCUT2D eigenvalue weighted by molar-refractivity contribution is 6.08. The Bertz CT molecular complexity index is 931. The highest BCUT2D eigenvalue weighted by atomic mass is 16.4. The molecule has 1 saturated heterocycles. The Balaban J connectivity index is 1.62. The number of hydrogen-bond donors (Lipinski definition) is 2. The first kappa shape index (κ1) is 16.0. The maximum Gasteiger partial charge on any atom is 0.404 e. The minimum atomic E-state index is -0.930. The smallest absolute Gasteiger partial charge is 0.404 e. The van der Waals surface area contributed by atoms with Gasteiger partial charge in [0.15, 0.2) is 0 Å². The van der Waals surface area contributed by atoms with E-state index in [9.17, 15) is 4.79 Å². The minimum Gasteiger partial charge on any atom is -0.465 e. The molecule has 1 aromatic heterocycles. The van der Waals surface area contributed by atoms with Crippen LogP contribution in [0.4, 0.5) is 4.79 Å². The Hall–Kier alpha value is -2.53. The van der Waals surface area contributed by atoms with E-state index >= 15 is 0 Å². The average molecular weight is 337 g/mol. The van der Waals surface area contributed by atoms with Gasteiger partial charge in [0.1, 0.15) is 0 Å². The van der Waals surface area contributed by atoms with E-state index in [2.05, 4.69) is 64.2 Å². The van der Waals surface area contributed by atoms with Gasteiger partial charge in [-0.05, 0) is 37.1 Å². The fourth-order valence-corrected chi connectivity index (χ4v) is 4.07. The molecule has 0 saturated carbocycles. The molecular weight excluding hydrogens is 314 g/mol. The van der Waals surface area contributed by atoms with Crippen LogP contribution in [0, 0.1) is 0 Å². The lowest BCUT2D eigenvalue weighted by atomic mass is 10.1. The van der Waals surface area contributed by atoms with Crippen molar-refractivity contribution in [1.82, 2.24) is 14.8 Å². The third-order valence-electron chi connectivity index (χ3n) is 5.16. The molecule has 2 aromatic carbocycles. The standard InChI is InChI=1S/C20H23N3O2/c1-2-23-18-6-4-3-5-16(18)17-11-14(7-8-19(17)23)12-22-10-9-15(13-22)21-20(24)25/h3-8,11,15,21H,2,9-10,12-13H2,1H3,(H,24,25). The van der Waals surface area contributed by atoms with Crippen LogP contribution >= 0.6 is 0 Å². The lowest BCUT2D eigenvalue weighted by molar-refractivity contribution is 0.189. The zero-order valence-electron chi connectivity index (χ0n) is 14.4. The van der Waals surface area contributed by atoms with Gasteiger partial charge in [-0.3, -0.25) is 4.90 Å². The highest BCUT2D eigenvalue weighted by Crippen LogP contribution is 2.30. The van der Waals surface area contributed by atoms with E-state index in [1.165, 1.54) is 27.4 Å². The molecule has 0 aliphatic carbocycles. The average Bonchev–Trinajstić information content (AvgIpc) is 3.16. The second-order valence-corrected chi connectivity index (χ2v) is 6.78. The first-order valence-electron chi connectivity index (χ1n) is 8.87. The quantitative estimate of drug-likeness (QED) is 0.764. The van der Waals surface area contributed by atoms with Crippen LogP contribution < -0.4 is 5.32 Å². The fraction of sp³-hybridized carbons (Fsp3) is 0.350. The summed E-state index contributed by atoms with van der Waals surface area (Å²) >= 11 is 0. The lowest BCUT2D eigenvalue weighted by Gasteiger charge is -2.16.